The summed E-state index contributed by atoms with van der Waals surface area (Å²) < 4.78 is 0. The molecule has 0 fully saturated rings. The second-order valence-corrected chi connectivity index (χ2v) is 4.07. The molecule has 0 aliphatic carbocycles. The molecule has 1 atom stereocenters. The van der Waals surface area contributed by atoms with Crippen LogP contribution in [0.1, 0.15) is 19.4 Å². The van der Waals surface area contributed by atoms with Crippen LogP contribution in [0.25, 0.3) is 6.08 Å². The average Bonchev–Trinajstić information content (AvgIpc) is 2.46. The smallest absolute Gasteiger partial charge is 0.234 e. The van der Waals surface area contributed by atoms with Gasteiger partial charge in [0, 0.05) is 13.5 Å². The minimum atomic E-state index is -1.27. The number of nitrogens with one attached hydrogen (secondary N) is 1. The fourth-order valence-electron chi connectivity index (χ4n) is 1.63. The molecular formula is C15H17N2O3. The van der Waals surface area contributed by atoms with Gasteiger partial charge in [0.25, 0.3) is 0 Å². The van der Waals surface area contributed by atoms with Crippen molar-refractivity contribution in [3.63, 3.8) is 0 Å². The Bertz CT molecular complexity index is 497. The molecule has 0 aromatic heterocycles. The van der Waals surface area contributed by atoms with Crippen LogP contribution < -0.4 is 5.43 Å². The Hall–Kier alpha value is -2.27. The predicted molar refractivity (Wildman–Crippen MR) is 76.2 cm³/mol. The number of rotatable bonds is 7. The van der Waals surface area contributed by atoms with Crippen LogP contribution in [0, 0.1) is 0 Å². The molecule has 1 amide bonds. The van der Waals surface area contributed by atoms with Crippen LogP contribution in [0.3, 0.4) is 0 Å². The second-order valence-electron chi connectivity index (χ2n) is 4.07. The number of ketones is 1. The van der Waals surface area contributed by atoms with Gasteiger partial charge in [-0.1, -0.05) is 43.3 Å². The normalized spacial score (nSPS) is 12.1. The summed E-state index contributed by atoms with van der Waals surface area (Å²) in [6, 6.07) is 7.94. The van der Waals surface area contributed by atoms with Gasteiger partial charge in [-0.15, -0.1) is 0 Å². The predicted octanol–water partition coefficient (Wildman–Crippen LogP) is 1.12. The first-order valence-corrected chi connectivity index (χ1v) is 6.28. The van der Waals surface area contributed by atoms with E-state index in [1.807, 2.05) is 30.3 Å². The van der Waals surface area contributed by atoms with Gasteiger partial charge < -0.3 is 0 Å². The minimum Gasteiger partial charge on any atom is -0.292 e. The summed E-state index contributed by atoms with van der Waals surface area (Å²) in [5.74, 6) is -0.915. The van der Waals surface area contributed by atoms with Crippen molar-refractivity contribution in [2.45, 2.75) is 19.9 Å². The summed E-state index contributed by atoms with van der Waals surface area (Å²) in [6.45, 7) is 3.47. The highest BCUT2D eigenvalue weighted by atomic mass is 16.2. The number of nitrogens with zero attached hydrogens (tertiary/aromatic N) is 1. The Kier molecular flexibility index (Phi) is 6.32. The van der Waals surface area contributed by atoms with Crippen LogP contribution in [0.4, 0.5) is 0 Å². The Morgan fingerprint density at radius 1 is 1.35 bits per heavy atom. The lowest BCUT2D eigenvalue weighted by Crippen LogP contribution is -2.52. The van der Waals surface area contributed by atoms with E-state index < -0.39 is 17.7 Å². The average molecular weight is 273 g/mol. The number of amides is 1. The van der Waals surface area contributed by atoms with Gasteiger partial charge in [-0.3, -0.25) is 19.4 Å². The molecule has 0 aliphatic rings. The van der Waals surface area contributed by atoms with Gasteiger partial charge in [0.1, 0.15) is 0 Å². The van der Waals surface area contributed by atoms with Crippen molar-refractivity contribution in [3.05, 3.63) is 42.0 Å². The molecule has 20 heavy (non-hydrogen) atoms. The van der Waals surface area contributed by atoms with Gasteiger partial charge in [-0.25, -0.2) is 5.43 Å². The molecular weight excluding hydrogens is 256 g/mol. The summed E-state index contributed by atoms with van der Waals surface area (Å²) in [5, 5.41) is 0.991. The lowest BCUT2D eigenvalue weighted by Gasteiger charge is -2.24. The number of benzene rings is 1. The number of carbonyl (C=O) groups is 2. The molecule has 1 radical (unpaired) electrons. The van der Waals surface area contributed by atoms with Crippen molar-refractivity contribution in [2.24, 2.45) is 0 Å². The molecule has 105 valence electrons. The van der Waals surface area contributed by atoms with E-state index in [-0.39, 0.29) is 0 Å². The summed E-state index contributed by atoms with van der Waals surface area (Å²) in [4.78, 5) is 34.4. The molecule has 1 rings (SSSR count). The third-order valence-corrected chi connectivity index (χ3v) is 2.55. The van der Waals surface area contributed by atoms with Crippen molar-refractivity contribution >= 4 is 24.1 Å². The first kappa shape index (κ1) is 15.8. The van der Waals surface area contributed by atoms with Gasteiger partial charge in [-0.05, 0) is 11.6 Å². The van der Waals surface area contributed by atoms with Crippen molar-refractivity contribution in [1.29, 1.82) is 0 Å². The summed E-state index contributed by atoms with van der Waals surface area (Å²) in [6.07, 6.45) is 4.47. The highest BCUT2D eigenvalue weighted by Gasteiger charge is 2.26. The zero-order valence-electron chi connectivity index (χ0n) is 11.5. The molecule has 5 nitrogen and oxygen atoms in total. The SMILES string of the molecule is CCNN(C(C)=O)C([C]=O)C(=O)C=Cc1ccccc1. The van der Waals surface area contributed by atoms with Gasteiger partial charge in [-0.2, -0.15) is 0 Å². The molecule has 0 heterocycles. The molecule has 5 heteroatoms. The van der Waals surface area contributed by atoms with Crippen LogP contribution in [0.5, 0.6) is 0 Å². The second kappa shape index (κ2) is 8.01. The maximum Gasteiger partial charge on any atom is 0.234 e. The Morgan fingerprint density at radius 3 is 2.50 bits per heavy atom. The maximum atomic E-state index is 12.0. The largest absolute Gasteiger partial charge is 0.292 e. The third-order valence-electron chi connectivity index (χ3n) is 2.55. The van der Waals surface area contributed by atoms with Crippen LogP contribution >= 0.6 is 0 Å². The van der Waals surface area contributed by atoms with Crippen LogP contribution in [-0.4, -0.2) is 35.6 Å². The molecule has 0 spiro atoms. The van der Waals surface area contributed by atoms with Crippen molar-refractivity contribution in [2.75, 3.05) is 6.54 Å². The highest BCUT2D eigenvalue weighted by Crippen LogP contribution is 2.03. The number of carbonyl (C=O) groups excluding carboxylic acids is 3. The maximum absolute atomic E-state index is 12.0. The van der Waals surface area contributed by atoms with Gasteiger partial charge in [0.05, 0.1) is 0 Å². The molecule has 1 aromatic rings. The van der Waals surface area contributed by atoms with E-state index in [0.29, 0.717) is 6.54 Å². The van der Waals surface area contributed by atoms with E-state index in [1.165, 1.54) is 13.0 Å². The Morgan fingerprint density at radius 2 is 2.00 bits per heavy atom. The molecule has 0 saturated heterocycles. The van der Waals surface area contributed by atoms with Gasteiger partial charge in [0.2, 0.25) is 12.2 Å². The van der Waals surface area contributed by atoms with E-state index in [9.17, 15) is 14.4 Å². The fraction of sp³-hybridized carbons (Fsp3) is 0.267. The molecule has 0 saturated carbocycles. The van der Waals surface area contributed by atoms with E-state index in [0.717, 1.165) is 10.6 Å². The standard InChI is InChI=1S/C15H17N2O3/c1-3-16-17(12(2)19)14(11-18)15(20)10-9-13-7-5-4-6-8-13/h4-10,14,16H,3H2,1-2H3. The van der Waals surface area contributed by atoms with Gasteiger partial charge >= 0.3 is 0 Å². The van der Waals surface area contributed by atoms with Crippen LogP contribution in [0.15, 0.2) is 36.4 Å². The number of hydrogen-bond donors (Lipinski definition) is 1. The Labute approximate surface area is 118 Å². The van der Waals surface area contributed by atoms with E-state index >= 15 is 0 Å². The van der Waals surface area contributed by atoms with Crippen molar-refractivity contribution in [3.8, 4) is 0 Å². The molecule has 1 unspecified atom stereocenters. The molecule has 1 aromatic carbocycles. The topological polar surface area (TPSA) is 66.5 Å². The number of hydrogen-bond acceptors (Lipinski definition) is 4. The lowest BCUT2D eigenvalue weighted by molar-refractivity contribution is -0.137. The first-order chi connectivity index (χ1) is 9.60. The quantitative estimate of drug-likeness (QED) is 0.459. The first-order valence-electron chi connectivity index (χ1n) is 6.28. The minimum absolute atomic E-state index is 0.415. The number of hydrazine groups is 1. The van der Waals surface area contributed by atoms with E-state index in [2.05, 4.69) is 5.43 Å². The van der Waals surface area contributed by atoms with Crippen LogP contribution in [-0.2, 0) is 14.4 Å². The third kappa shape index (κ3) is 4.44. The molecule has 1 N–H and O–H groups in total. The van der Waals surface area contributed by atoms with E-state index in [1.54, 1.807) is 19.3 Å². The van der Waals surface area contributed by atoms with E-state index in [4.69, 9.17) is 0 Å². The molecule has 0 aliphatic heterocycles. The van der Waals surface area contributed by atoms with Gasteiger partial charge in [0.15, 0.2) is 11.8 Å². The fourth-order valence-corrected chi connectivity index (χ4v) is 1.63. The Balaban J connectivity index is 2.83. The summed E-state index contributed by atoms with van der Waals surface area (Å²) >= 11 is 0. The van der Waals surface area contributed by atoms with Crippen LogP contribution in [0.2, 0.25) is 0 Å². The monoisotopic (exact) mass is 273 g/mol. The zero-order chi connectivity index (χ0) is 15.0. The highest BCUT2D eigenvalue weighted by molar-refractivity contribution is 6.08. The zero-order valence-corrected chi connectivity index (χ0v) is 11.5. The summed E-state index contributed by atoms with van der Waals surface area (Å²) in [5.41, 5.74) is 3.52. The van der Waals surface area contributed by atoms with Crippen molar-refractivity contribution < 1.29 is 14.4 Å². The molecule has 0 bridgehead atoms. The summed E-state index contributed by atoms with van der Waals surface area (Å²) in [7, 11) is 0. The lowest BCUT2D eigenvalue weighted by atomic mass is 10.1. The van der Waals surface area contributed by atoms with Crippen molar-refractivity contribution in [1.82, 2.24) is 10.4 Å².